The van der Waals surface area contributed by atoms with Crippen LogP contribution in [0, 0.1) is 0 Å². The molecule has 5 nitrogen and oxygen atoms in total. The highest BCUT2D eigenvalue weighted by atomic mass is 35.5. The number of halogens is 1. The monoisotopic (exact) mass is 320 g/mol. The van der Waals surface area contributed by atoms with Crippen LogP contribution in [0.3, 0.4) is 0 Å². The summed E-state index contributed by atoms with van der Waals surface area (Å²) in [5, 5.41) is 6.82. The molecule has 0 radical (unpaired) electrons. The molecule has 4 rings (SSSR count). The van der Waals surface area contributed by atoms with Crippen molar-refractivity contribution in [2.24, 2.45) is 0 Å². The second-order valence-electron chi connectivity index (χ2n) is 5.87. The van der Waals surface area contributed by atoms with E-state index in [1.54, 1.807) is 0 Å². The quantitative estimate of drug-likeness (QED) is 0.907. The minimum Gasteiger partial charge on any atom is -0.470 e. The van der Waals surface area contributed by atoms with Gasteiger partial charge in [0.2, 0.25) is 0 Å². The lowest BCUT2D eigenvalue weighted by atomic mass is 10.1. The fourth-order valence-corrected chi connectivity index (χ4v) is 2.66. The van der Waals surface area contributed by atoms with Crippen LogP contribution >= 0.6 is 12.4 Å². The number of para-hydroxylation sites is 2. The molecule has 2 fully saturated rings. The normalized spacial score (nSPS) is 21.2. The van der Waals surface area contributed by atoms with E-state index in [4.69, 9.17) is 9.72 Å². The van der Waals surface area contributed by atoms with Crippen molar-refractivity contribution >= 4 is 29.3 Å². The number of nitrogens with zero attached hydrogens (tertiary/aromatic N) is 2. The zero-order valence-corrected chi connectivity index (χ0v) is 13.2. The summed E-state index contributed by atoms with van der Waals surface area (Å²) in [4.78, 5) is 9.38. The molecule has 1 aromatic heterocycles. The molecule has 1 aromatic carbocycles. The summed E-state index contributed by atoms with van der Waals surface area (Å²) >= 11 is 0. The maximum Gasteiger partial charge on any atom is 0.258 e. The molecule has 0 bridgehead atoms. The van der Waals surface area contributed by atoms with Crippen LogP contribution in [0.5, 0.6) is 5.88 Å². The highest BCUT2D eigenvalue weighted by Gasteiger charge is 2.25. The van der Waals surface area contributed by atoms with Crippen LogP contribution in [0.1, 0.15) is 25.7 Å². The molecule has 2 aliphatic rings. The molecular weight excluding hydrogens is 300 g/mol. The predicted molar refractivity (Wildman–Crippen MR) is 90.0 cm³/mol. The van der Waals surface area contributed by atoms with E-state index in [0.29, 0.717) is 11.9 Å². The van der Waals surface area contributed by atoms with Gasteiger partial charge in [-0.2, -0.15) is 0 Å². The Labute approximate surface area is 136 Å². The Hall–Kier alpha value is -1.59. The number of rotatable bonds is 4. The number of ether oxygens (including phenoxy) is 1. The molecule has 0 spiro atoms. The Kier molecular flexibility index (Phi) is 4.64. The maximum atomic E-state index is 6.12. The SMILES string of the molecule is Cl.c1ccc2nc(O[C@@H]3CCCNC3)c(NC3CC3)nc2c1. The van der Waals surface area contributed by atoms with Crippen molar-refractivity contribution in [1.82, 2.24) is 15.3 Å². The minimum atomic E-state index is 0. The topological polar surface area (TPSA) is 59.1 Å². The van der Waals surface area contributed by atoms with Crippen molar-refractivity contribution in [2.75, 3.05) is 18.4 Å². The number of benzene rings is 1. The molecule has 1 saturated heterocycles. The fourth-order valence-electron chi connectivity index (χ4n) is 2.66. The molecule has 1 saturated carbocycles. The summed E-state index contributed by atoms with van der Waals surface area (Å²) in [6.45, 7) is 1.97. The van der Waals surface area contributed by atoms with Gasteiger partial charge in [0.15, 0.2) is 5.82 Å². The summed E-state index contributed by atoms with van der Waals surface area (Å²) in [6.07, 6.45) is 4.83. The van der Waals surface area contributed by atoms with Crippen molar-refractivity contribution in [3.63, 3.8) is 0 Å². The van der Waals surface area contributed by atoms with Crippen molar-refractivity contribution in [3.05, 3.63) is 24.3 Å². The van der Waals surface area contributed by atoms with Crippen LogP contribution in [0.2, 0.25) is 0 Å². The average Bonchev–Trinajstić information content (AvgIpc) is 3.33. The van der Waals surface area contributed by atoms with Gasteiger partial charge in [0, 0.05) is 12.6 Å². The van der Waals surface area contributed by atoms with Gasteiger partial charge < -0.3 is 15.4 Å². The van der Waals surface area contributed by atoms with Crippen LogP contribution in [0.25, 0.3) is 11.0 Å². The van der Waals surface area contributed by atoms with E-state index in [9.17, 15) is 0 Å². The minimum absolute atomic E-state index is 0. The predicted octanol–water partition coefficient (Wildman–Crippen LogP) is 2.76. The molecular formula is C16H21ClN4O. The Bertz CT molecular complexity index is 641. The van der Waals surface area contributed by atoms with Gasteiger partial charge in [-0.25, -0.2) is 9.97 Å². The van der Waals surface area contributed by atoms with Crippen LogP contribution in [-0.4, -0.2) is 35.2 Å². The lowest BCUT2D eigenvalue weighted by molar-refractivity contribution is 0.161. The summed E-state index contributed by atoms with van der Waals surface area (Å²) in [5.74, 6) is 1.44. The van der Waals surface area contributed by atoms with Crippen molar-refractivity contribution in [1.29, 1.82) is 0 Å². The lowest BCUT2D eigenvalue weighted by Crippen LogP contribution is -2.37. The third kappa shape index (κ3) is 3.42. The zero-order chi connectivity index (χ0) is 14.1. The van der Waals surface area contributed by atoms with Gasteiger partial charge in [0.05, 0.1) is 11.0 Å². The zero-order valence-electron chi connectivity index (χ0n) is 12.4. The Morgan fingerprint density at radius 3 is 2.55 bits per heavy atom. The largest absolute Gasteiger partial charge is 0.470 e. The molecule has 2 heterocycles. The van der Waals surface area contributed by atoms with Gasteiger partial charge in [-0.1, -0.05) is 12.1 Å². The highest BCUT2D eigenvalue weighted by molar-refractivity contribution is 5.85. The van der Waals surface area contributed by atoms with Gasteiger partial charge in [0.1, 0.15) is 6.10 Å². The second-order valence-corrected chi connectivity index (χ2v) is 5.87. The molecule has 1 aliphatic carbocycles. The smallest absolute Gasteiger partial charge is 0.258 e. The summed E-state index contributed by atoms with van der Waals surface area (Å²) in [5.41, 5.74) is 1.80. The van der Waals surface area contributed by atoms with E-state index in [1.165, 1.54) is 12.8 Å². The second kappa shape index (κ2) is 6.67. The van der Waals surface area contributed by atoms with Crippen LogP contribution in [0.15, 0.2) is 24.3 Å². The van der Waals surface area contributed by atoms with Gasteiger partial charge in [-0.15, -0.1) is 12.4 Å². The lowest BCUT2D eigenvalue weighted by Gasteiger charge is -2.24. The third-order valence-corrected chi connectivity index (χ3v) is 3.99. The first-order valence-corrected chi connectivity index (χ1v) is 7.79. The molecule has 0 amide bonds. The number of nitrogens with one attached hydrogen (secondary N) is 2. The number of fused-ring (bicyclic) bond motifs is 1. The summed E-state index contributed by atoms with van der Waals surface area (Å²) < 4.78 is 6.12. The van der Waals surface area contributed by atoms with Crippen molar-refractivity contribution < 1.29 is 4.74 Å². The van der Waals surface area contributed by atoms with Crippen molar-refractivity contribution in [2.45, 2.75) is 37.8 Å². The fraction of sp³-hybridized carbons (Fsp3) is 0.500. The summed E-state index contributed by atoms with van der Waals surface area (Å²) in [6, 6.07) is 8.48. The van der Waals surface area contributed by atoms with Crippen molar-refractivity contribution in [3.8, 4) is 5.88 Å². The number of anilines is 1. The highest BCUT2D eigenvalue weighted by Crippen LogP contribution is 2.30. The van der Waals surface area contributed by atoms with Gasteiger partial charge in [-0.3, -0.25) is 0 Å². The molecule has 0 unspecified atom stereocenters. The molecule has 6 heteroatoms. The van der Waals surface area contributed by atoms with Gasteiger partial charge in [0.25, 0.3) is 5.88 Å². The molecule has 2 N–H and O–H groups in total. The van der Waals surface area contributed by atoms with E-state index < -0.39 is 0 Å². The van der Waals surface area contributed by atoms with E-state index in [1.807, 2.05) is 24.3 Å². The molecule has 118 valence electrons. The van der Waals surface area contributed by atoms with E-state index in [0.717, 1.165) is 42.8 Å². The van der Waals surface area contributed by atoms with E-state index in [2.05, 4.69) is 15.6 Å². The Morgan fingerprint density at radius 1 is 1.09 bits per heavy atom. The standard InChI is InChI=1S/C16H20N4O.ClH/c1-2-6-14-13(5-1)19-15(18-11-7-8-11)16(20-14)21-12-4-3-9-17-10-12;/h1-2,5-6,11-12,17H,3-4,7-10H2,(H,18,19);1H/t12-;/m1./s1. The average molecular weight is 321 g/mol. The first-order valence-electron chi connectivity index (χ1n) is 7.79. The number of hydrogen-bond donors (Lipinski definition) is 2. The van der Waals surface area contributed by atoms with Crippen LogP contribution < -0.4 is 15.4 Å². The first kappa shape index (κ1) is 15.3. The third-order valence-electron chi connectivity index (χ3n) is 3.99. The molecule has 22 heavy (non-hydrogen) atoms. The summed E-state index contributed by atoms with van der Waals surface area (Å²) in [7, 11) is 0. The van der Waals surface area contributed by atoms with Gasteiger partial charge >= 0.3 is 0 Å². The number of aromatic nitrogens is 2. The van der Waals surface area contributed by atoms with Gasteiger partial charge in [-0.05, 0) is 44.4 Å². The number of hydrogen-bond acceptors (Lipinski definition) is 5. The van der Waals surface area contributed by atoms with E-state index >= 15 is 0 Å². The van der Waals surface area contributed by atoms with Crippen LogP contribution in [0.4, 0.5) is 5.82 Å². The molecule has 1 aliphatic heterocycles. The Morgan fingerprint density at radius 2 is 1.86 bits per heavy atom. The van der Waals surface area contributed by atoms with Crippen LogP contribution in [-0.2, 0) is 0 Å². The first-order chi connectivity index (χ1) is 10.4. The molecule has 2 aromatic rings. The maximum absolute atomic E-state index is 6.12. The number of piperidine rings is 1. The Balaban J connectivity index is 0.00000144. The molecule has 1 atom stereocenters. The van der Waals surface area contributed by atoms with E-state index in [-0.39, 0.29) is 18.5 Å².